The van der Waals surface area contributed by atoms with Gasteiger partial charge < -0.3 is 0 Å². The van der Waals surface area contributed by atoms with Crippen LogP contribution in [0.1, 0.15) is 5.56 Å². The molecule has 1 N–H and O–H groups in total. The van der Waals surface area contributed by atoms with Crippen molar-refractivity contribution in [2.45, 2.75) is 5.75 Å². The zero-order chi connectivity index (χ0) is 10.8. The second-order valence-electron chi connectivity index (χ2n) is 2.70. The van der Waals surface area contributed by atoms with E-state index in [-0.39, 0.29) is 5.56 Å². The quantitative estimate of drug-likeness (QED) is 0.828. The molecule has 0 fully saturated rings. The molecule has 0 aliphatic carbocycles. The summed E-state index contributed by atoms with van der Waals surface area (Å²) in [6, 6.07) is 2.70. The van der Waals surface area contributed by atoms with Crippen LogP contribution in [0, 0.1) is 11.6 Å². The highest BCUT2D eigenvalue weighted by molar-refractivity contribution is 7.88. The van der Waals surface area contributed by atoms with Gasteiger partial charge in [-0.2, -0.15) is 0 Å². The van der Waals surface area contributed by atoms with Crippen molar-refractivity contribution in [1.29, 1.82) is 0 Å². The van der Waals surface area contributed by atoms with Crippen LogP contribution in [0.4, 0.5) is 8.78 Å². The van der Waals surface area contributed by atoms with Crippen molar-refractivity contribution in [2.24, 2.45) is 0 Å². The van der Waals surface area contributed by atoms with Gasteiger partial charge in [-0.3, -0.25) is 0 Å². The SMILES string of the molecule is CNS(=O)(=O)Cc1cc(F)ccc1F. The molecule has 0 aromatic heterocycles. The minimum absolute atomic E-state index is 0.181. The maximum atomic E-state index is 13.0. The number of rotatable bonds is 3. The average Bonchev–Trinajstić information content (AvgIpc) is 2.11. The highest BCUT2D eigenvalue weighted by atomic mass is 32.2. The molecule has 0 saturated heterocycles. The zero-order valence-corrected chi connectivity index (χ0v) is 8.24. The zero-order valence-electron chi connectivity index (χ0n) is 7.42. The Morgan fingerprint density at radius 3 is 2.57 bits per heavy atom. The molecule has 1 aromatic carbocycles. The summed E-state index contributed by atoms with van der Waals surface area (Å²) in [7, 11) is -2.35. The van der Waals surface area contributed by atoms with Gasteiger partial charge in [-0.25, -0.2) is 21.9 Å². The van der Waals surface area contributed by atoms with Gasteiger partial charge in [0.2, 0.25) is 10.0 Å². The van der Waals surface area contributed by atoms with E-state index in [2.05, 4.69) is 0 Å². The predicted octanol–water partition coefficient (Wildman–Crippen LogP) is 1.01. The molecule has 78 valence electrons. The lowest BCUT2D eigenvalue weighted by Gasteiger charge is -2.03. The van der Waals surface area contributed by atoms with Crippen LogP contribution in [0.5, 0.6) is 0 Å². The fraction of sp³-hybridized carbons (Fsp3) is 0.250. The van der Waals surface area contributed by atoms with Crippen molar-refractivity contribution in [3.63, 3.8) is 0 Å². The van der Waals surface area contributed by atoms with Crippen molar-refractivity contribution in [3.05, 3.63) is 35.4 Å². The number of hydrogen-bond acceptors (Lipinski definition) is 2. The molecule has 0 spiro atoms. The lowest BCUT2D eigenvalue weighted by Crippen LogP contribution is -2.21. The lowest BCUT2D eigenvalue weighted by atomic mass is 10.2. The Kier molecular flexibility index (Phi) is 3.17. The van der Waals surface area contributed by atoms with Crippen LogP contribution < -0.4 is 4.72 Å². The lowest BCUT2D eigenvalue weighted by molar-refractivity contribution is 0.574. The first-order valence-electron chi connectivity index (χ1n) is 3.80. The maximum absolute atomic E-state index is 13.0. The van der Waals surface area contributed by atoms with E-state index >= 15 is 0 Å². The van der Waals surface area contributed by atoms with Crippen LogP contribution in [0.15, 0.2) is 18.2 Å². The molecule has 0 aliphatic heterocycles. The largest absolute Gasteiger partial charge is 0.218 e. The van der Waals surface area contributed by atoms with Crippen molar-refractivity contribution in [2.75, 3.05) is 7.05 Å². The van der Waals surface area contributed by atoms with Gasteiger partial charge in [-0.05, 0) is 25.2 Å². The summed E-state index contributed by atoms with van der Waals surface area (Å²) in [6.07, 6.45) is 0. The molecule has 0 amide bonds. The van der Waals surface area contributed by atoms with Gasteiger partial charge in [0.15, 0.2) is 0 Å². The van der Waals surface area contributed by atoms with E-state index in [1.807, 2.05) is 4.72 Å². The van der Waals surface area contributed by atoms with Gasteiger partial charge in [-0.15, -0.1) is 0 Å². The second kappa shape index (κ2) is 4.02. The minimum atomic E-state index is -3.57. The van der Waals surface area contributed by atoms with E-state index in [1.165, 1.54) is 7.05 Å². The summed E-state index contributed by atoms with van der Waals surface area (Å²) >= 11 is 0. The highest BCUT2D eigenvalue weighted by Gasteiger charge is 2.12. The molecular formula is C8H9F2NO2S. The van der Waals surface area contributed by atoms with Crippen LogP contribution in [0.3, 0.4) is 0 Å². The molecule has 6 heteroatoms. The van der Waals surface area contributed by atoms with Crippen LogP contribution in [-0.2, 0) is 15.8 Å². The van der Waals surface area contributed by atoms with Crippen molar-refractivity contribution in [3.8, 4) is 0 Å². The second-order valence-corrected chi connectivity index (χ2v) is 4.63. The van der Waals surface area contributed by atoms with Crippen LogP contribution in [-0.4, -0.2) is 15.5 Å². The third kappa shape index (κ3) is 2.74. The fourth-order valence-electron chi connectivity index (χ4n) is 0.931. The molecule has 0 saturated carbocycles. The summed E-state index contributed by atoms with van der Waals surface area (Å²) in [4.78, 5) is 0. The number of nitrogens with one attached hydrogen (secondary N) is 1. The van der Waals surface area contributed by atoms with Crippen LogP contribution in [0.25, 0.3) is 0 Å². The van der Waals surface area contributed by atoms with Crippen molar-refractivity contribution >= 4 is 10.0 Å². The van der Waals surface area contributed by atoms with E-state index in [0.29, 0.717) is 0 Å². The van der Waals surface area contributed by atoms with Crippen LogP contribution >= 0.6 is 0 Å². The number of hydrogen-bond donors (Lipinski definition) is 1. The third-order valence-corrected chi connectivity index (χ3v) is 2.98. The molecule has 0 radical (unpaired) electrons. The Morgan fingerprint density at radius 1 is 1.36 bits per heavy atom. The normalized spacial score (nSPS) is 11.6. The number of benzene rings is 1. The van der Waals surface area contributed by atoms with E-state index in [1.54, 1.807) is 0 Å². The molecule has 0 unspecified atom stereocenters. The van der Waals surface area contributed by atoms with Gasteiger partial charge in [0, 0.05) is 5.56 Å². The Morgan fingerprint density at radius 2 is 2.00 bits per heavy atom. The summed E-state index contributed by atoms with van der Waals surface area (Å²) in [5.74, 6) is -1.95. The van der Waals surface area contributed by atoms with Gasteiger partial charge in [-0.1, -0.05) is 0 Å². The third-order valence-electron chi connectivity index (χ3n) is 1.66. The molecule has 1 rings (SSSR count). The van der Waals surface area contributed by atoms with Gasteiger partial charge in [0.25, 0.3) is 0 Å². The van der Waals surface area contributed by atoms with Gasteiger partial charge in [0.1, 0.15) is 11.6 Å². The monoisotopic (exact) mass is 221 g/mol. The van der Waals surface area contributed by atoms with E-state index in [0.717, 1.165) is 18.2 Å². The Bertz CT molecular complexity index is 431. The summed E-state index contributed by atoms with van der Waals surface area (Å²) in [5, 5.41) is 0. The first kappa shape index (κ1) is 11.1. The van der Waals surface area contributed by atoms with Gasteiger partial charge >= 0.3 is 0 Å². The summed E-state index contributed by atoms with van der Waals surface area (Å²) in [5.41, 5.74) is -0.181. The smallest absolute Gasteiger partial charge is 0.215 e. The first-order chi connectivity index (χ1) is 6.44. The van der Waals surface area contributed by atoms with Crippen molar-refractivity contribution < 1.29 is 17.2 Å². The van der Waals surface area contributed by atoms with Crippen LogP contribution in [0.2, 0.25) is 0 Å². The molecule has 1 aromatic rings. The summed E-state index contributed by atoms with van der Waals surface area (Å²) < 4.78 is 49.7. The molecule has 0 heterocycles. The fourth-order valence-corrected chi connectivity index (χ4v) is 1.71. The minimum Gasteiger partial charge on any atom is -0.218 e. The topological polar surface area (TPSA) is 46.2 Å². The molecule has 0 aliphatic rings. The molecule has 0 atom stereocenters. The standard InChI is InChI=1S/C8H9F2NO2S/c1-11-14(12,13)5-6-4-7(9)2-3-8(6)10/h2-4,11H,5H2,1H3. The molecule has 14 heavy (non-hydrogen) atoms. The molecule has 3 nitrogen and oxygen atoms in total. The number of sulfonamides is 1. The maximum Gasteiger partial charge on any atom is 0.215 e. The molecule has 0 bridgehead atoms. The molecular weight excluding hydrogens is 212 g/mol. The predicted molar refractivity (Wildman–Crippen MR) is 48.0 cm³/mol. The van der Waals surface area contributed by atoms with E-state index < -0.39 is 27.4 Å². The van der Waals surface area contributed by atoms with Gasteiger partial charge in [0.05, 0.1) is 5.75 Å². The Labute approximate surface area is 80.8 Å². The van der Waals surface area contributed by atoms with E-state index in [4.69, 9.17) is 0 Å². The Hall–Kier alpha value is -1.01. The average molecular weight is 221 g/mol. The Balaban J connectivity index is 3.03. The first-order valence-corrected chi connectivity index (χ1v) is 5.45. The number of halogens is 2. The van der Waals surface area contributed by atoms with E-state index in [9.17, 15) is 17.2 Å². The van der Waals surface area contributed by atoms with Crippen molar-refractivity contribution in [1.82, 2.24) is 4.72 Å². The highest BCUT2D eigenvalue weighted by Crippen LogP contribution is 2.12. The summed E-state index contributed by atoms with van der Waals surface area (Å²) in [6.45, 7) is 0.